The van der Waals surface area contributed by atoms with E-state index in [4.69, 9.17) is 11.6 Å². The van der Waals surface area contributed by atoms with E-state index in [1.807, 2.05) is 48.5 Å². The molecule has 0 atom stereocenters. The fourth-order valence-corrected chi connectivity index (χ4v) is 1.88. The molecule has 0 N–H and O–H groups in total. The second kappa shape index (κ2) is 5.65. The molecule has 0 saturated heterocycles. The van der Waals surface area contributed by atoms with Crippen molar-refractivity contribution in [3.05, 3.63) is 65.7 Å². The molecule has 0 fully saturated rings. The molecule has 2 rings (SSSR count). The summed E-state index contributed by atoms with van der Waals surface area (Å²) >= 11 is 6.22. The summed E-state index contributed by atoms with van der Waals surface area (Å²) in [5.41, 5.74) is 3.10. The van der Waals surface area contributed by atoms with Crippen molar-refractivity contribution < 1.29 is 0 Å². The molecule has 0 spiro atoms. The Kier molecular flexibility index (Phi) is 3.94. The van der Waals surface area contributed by atoms with Crippen LogP contribution < -0.4 is 0 Å². The molecule has 0 aromatic heterocycles. The molecule has 2 aromatic carbocycles. The number of aryl methyl sites for hydroxylation is 1. The van der Waals surface area contributed by atoms with E-state index in [1.165, 1.54) is 5.56 Å². The van der Waals surface area contributed by atoms with Crippen LogP contribution >= 0.6 is 11.6 Å². The van der Waals surface area contributed by atoms with E-state index in [9.17, 15) is 0 Å². The third-order valence-corrected chi connectivity index (χ3v) is 2.91. The first-order valence-corrected chi connectivity index (χ1v) is 6.06. The summed E-state index contributed by atoms with van der Waals surface area (Å²) in [7, 11) is 0. The summed E-state index contributed by atoms with van der Waals surface area (Å²) in [6.07, 6.45) is 0.957. The maximum absolute atomic E-state index is 6.22. The molecule has 86 valence electrons. The largest absolute Gasteiger partial charge is 0.236 e. The number of hydrogen-bond donors (Lipinski definition) is 0. The van der Waals surface area contributed by atoms with E-state index < -0.39 is 0 Å². The minimum Gasteiger partial charge on any atom is -0.236 e. The molecular formula is C15H14ClN. The molecule has 0 heterocycles. The van der Waals surface area contributed by atoms with Gasteiger partial charge in [0.15, 0.2) is 0 Å². The van der Waals surface area contributed by atoms with E-state index in [1.54, 1.807) is 0 Å². The second-order valence-corrected chi connectivity index (χ2v) is 4.11. The number of para-hydroxylation sites is 1. The molecule has 0 bridgehead atoms. The lowest BCUT2D eigenvalue weighted by Gasteiger charge is -2.03. The Balaban J connectivity index is 2.36. The van der Waals surface area contributed by atoms with Gasteiger partial charge in [0.25, 0.3) is 0 Å². The SMILES string of the molecule is CCc1ccccc1N=C(Cl)c1ccccc1. The summed E-state index contributed by atoms with van der Waals surface area (Å²) < 4.78 is 0. The Morgan fingerprint density at radius 3 is 2.35 bits per heavy atom. The van der Waals surface area contributed by atoms with Gasteiger partial charge in [-0.25, -0.2) is 4.99 Å². The van der Waals surface area contributed by atoms with E-state index in [0.29, 0.717) is 5.17 Å². The fraction of sp³-hybridized carbons (Fsp3) is 0.133. The van der Waals surface area contributed by atoms with Crippen LogP contribution in [0.15, 0.2) is 59.6 Å². The maximum Gasteiger partial charge on any atom is 0.136 e. The van der Waals surface area contributed by atoms with Crippen molar-refractivity contribution in [1.82, 2.24) is 0 Å². The lowest BCUT2D eigenvalue weighted by molar-refractivity contribution is 1.13. The first-order valence-electron chi connectivity index (χ1n) is 5.68. The second-order valence-electron chi connectivity index (χ2n) is 3.75. The zero-order valence-corrected chi connectivity index (χ0v) is 10.5. The van der Waals surface area contributed by atoms with Gasteiger partial charge in [-0.2, -0.15) is 0 Å². The summed E-state index contributed by atoms with van der Waals surface area (Å²) in [5, 5.41) is 0.534. The number of aliphatic imine (C=N–C) groups is 1. The normalized spacial score (nSPS) is 11.5. The maximum atomic E-state index is 6.22. The van der Waals surface area contributed by atoms with Crippen LogP contribution in [0.1, 0.15) is 18.1 Å². The molecule has 0 aliphatic rings. The van der Waals surface area contributed by atoms with E-state index in [0.717, 1.165) is 17.7 Å². The molecular weight excluding hydrogens is 230 g/mol. The third-order valence-electron chi connectivity index (χ3n) is 2.60. The quantitative estimate of drug-likeness (QED) is 0.701. The first-order chi connectivity index (χ1) is 8.31. The van der Waals surface area contributed by atoms with Crippen molar-refractivity contribution in [2.45, 2.75) is 13.3 Å². The van der Waals surface area contributed by atoms with Gasteiger partial charge in [0.05, 0.1) is 5.69 Å². The molecule has 2 heteroatoms. The van der Waals surface area contributed by atoms with Crippen LogP contribution in [-0.2, 0) is 6.42 Å². The van der Waals surface area contributed by atoms with Crippen molar-refractivity contribution in [2.75, 3.05) is 0 Å². The van der Waals surface area contributed by atoms with Crippen molar-refractivity contribution in [3.63, 3.8) is 0 Å². The summed E-state index contributed by atoms with van der Waals surface area (Å²) in [6, 6.07) is 17.9. The smallest absolute Gasteiger partial charge is 0.136 e. The molecule has 17 heavy (non-hydrogen) atoms. The average Bonchev–Trinajstić information content (AvgIpc) is 2.40. The van der Waals surface area contributed by atoms with Crippen LogP contribution in [0.4, 0.5) is 5.69 Å². The van der Waals surface area contributed by atoms with Gasteiger partial charge >= 0.3 is 0 Å². The standard InChI is InChI=1S/C15H14ClN/c1-2-12-8-6-7-11-14(12)17-15(16)13-9-4-3-5-10-13/h3-11H,2H2,1H3. The van der Waals surface area contributed by atoms with Crippen LogP contribution in [0.3, 0.4) is 0 Å². The van der Waals surface area contributed by atoms with Crippen molar-refractivity contribution in [3.8, 4) is 0 Å². The number of halogens is 1. The van der Waals surface area contributed by atoms with Gasteiger partial charge < -0.3 is 0 Å². The number of rotatable bonds is 3. The molecule has 0 saturated carbocycles. The van der Waals surface area contributed by atoms with E-state index in [-0.39, 0.29) is 0 Å². The summed E-state index contributed by atoms with van der Waals surface area (Å²) in [6.45, 7) is 2.12. The minimum atomic E-state index is 0.534. The summed E-state index contributed by atoms with van der Waals surface area (Å²) in [5.74, 6) is 0. The van der Waals surface area contributed by atoms with Crippen LogP contribution in [0.5, 0.6) is 0 Å². The fourth-order valence-electron chi connectivity index (χ4n) is 1.66. The number of benzene rings is 2. The monoisotopic (exact) mass is 243 g/mol. The minimum absolute atomic E-state index is 0.534. The van der Waals surface area contributed by atoms with Gasteiger partial charge in [-0.1, -0.05) is 67.1 Å². The van der Waals surface area contributed by atoms with Crippen LogP contribution in [0.25, 0.3) is 0 Å². The Morgan fingerprint density at radius 1 is 1.00 bits per heavy atom. The number of nitrogens with zero attached hydrogens (tertiary/aromatic N) is 1. The zero-order valence-electron chi connectivity index (χ0n) is 9.73. The lowest BCUT2D eigenvalue weighted by atomic mass is 10.1. The highest BCUT2D eigenvalue weighted by Gasteiger charge is 2.01. The molecule has 0 amide bonds. The lowest BCUT2D eigenvalue weighted by Crippen LogP contribution is -1.90. The Labute approximate surface area is 107 Å². The third kappa shape index (κ3) is 2.95. The molecule has 2 aromatic rings. The van der Waals surface area contributed by atoms with Gasteiger partial charge in [0.2, 0.25) is 0 Å². The Hall–Kier alpha value is -1.60. The Bertz CT molecular complexity index is 517. The molecule has 0 radical (unpaired) electrons. The Morgan fingerprint density at radius 2 is 1.65 bits per heavy atom. The van der Waals surface area contributed by atoms with Crippen LogP contribution in [0, 0.1) is 0 Å². The highest BCUT2D eigenvalue weighted by atomic mass is 35.5. The molecule has 0 aliphatic heterocycles. The van der Waals surface area contributed by atoms with E-state index in [2.05, 4.69) is 18.0 Å². The highest BCUT2D eigenvalue weighted by molar-refractivity contribution is 6.69. The van der Waals surface area contributed by atoms with Crippen molar-refractivity contribution >= 4 is 22.5 Å². The number of hydrogen-bond acceptors (Lipinski definition) is 1. The van der Waals surface area contributed by atoms with Gasteiger partial charge in [-0.05, 0) is 18.1 Å². The molecule has 0 unspecified atom stereocenters. The van der Waals surface area contributed by atoms with Gasteiger partial charge in [-0.3, -0.25) is 0 Å². The predicted octanol–water partition coefficient (Wildman–Crippen LogP) is 4.57. The van der Waals surface area contributed by atoms with Crippen molar-refractivity contribution in [2.24, 2.45) is 4.99 Å². The van der Waals surface area contributed by atoms with Crippen LogP contribution in [0.2, 0.25) is 0 Å². The highest BCUT2D eigenvalue weighted by Crippen LogP contribution is 2.21. The summed E-state index contributed by atoms with van der Waals surface area (Å²) in [4.78, 5) is 4.48. The predicted molar refractivity (Wildman–Crippen MR) is 74.3 cm³/mol. The van der Waals surface area contributed by atoms with E-state index >= 15 is 0 Å². The van der Waals surface area contributed by atoms with Crippen LogP contribution in [-0.4, -0.2) is 5.17 Å². The van der Waals surface area contributed by atoms with Crippen molar-refractivity contribution in [1.29, 1.82) is 0 Å². The van der Waals surface area contributed by atoms with Gasteiger partial charge in [-0.15, -0.1) is 0 Å². The topological polar surface area (TPSA) is 12.4 Å². The molecule has 0 aliphatic carbocycles. The first kappa shape index (κ1) is 11.9. The average molecular weight is 244 g/mol. The zero-order chi connectivity index (χ0) is 12.1. The molecule has 1 nitrogen and oxygen atoms in total. The van der Waals surface area contributed by atoms with Gasteiger partial charge in [0, 0.05) is 5.56 Å². The van der Waals surface area contributed by atoms with Gasteiger partial charge in [0.1, 0.15) is 5.17 Å².